The third-order valence-electron chi connectivity index (χ3n) is 2.16. The number of halogens is 4. The average Bonchev–Trinajstić information content (AvgIpc) is 2.23. The molecule has 0 nitrogen and oxygen atoms in total. The Morgan fingerprint density at radius 3 is 2.12 bits per heavy atom. The highest BCUT2D eigenvalue weighted by Crippen LogP contribution is 2.39. The van der Waals surface area contributed by atoms with Gasteiger partial charge in [0.25, 0.3) is 0 Å². The Morgan fingerprint density at radius 2 is 1.50 bits per heavy atom. The van der Waals surface area contributed by atoms with Crippen LogP contribution in [0.4, 0.5) is 0 Å². The molecule has 0 aromatic heterocycles. The summed E-state index contributed by atoms with van der Waals surface area (Å²) in [5, 5.41) is 1.35. The number of hydrogen-bond acceptors (Lipinski definition) is 0. The van der Waals surface area contributed by atoms with Crippen molar-refractivity contribution in [3.63, 3.8) is 0 Å². The molecule has 0 unspecified atom stereocenters. The molecule has 0 aliphatic heterocycles. The highest BCUT2D eigenvalue weighted by Gasteiger charge is 2.11. The summed E-state index contributed by atoms with van der Waals surface area (Å²) in [5.74, 6) is 0. The lowest BCUT2D eigenvalue weighted by molar-refractivity contribution is 1.55. The molecule has 0 bridgehead atoms. The van der Waals surface area contributed by atoms with Crippen LogP contribution >= 0.6 is 55.1 Å². The first-order valence-corrected chi connectivity index (χ1v) is 6.83. The largest absolute Gasteiger partial charge is 0.0843 e. The van der Waals surface area contributed by atoms with E-state index in [1.54, 1.807) is 12.1 Å². The molecule has 0 N–H and O–H groups in total. The lowest BCUT2D eigenvalue weighted by Gasteiger charge is -2.09. The maximum atomic E-state index is 6.17. The average molecular weight is 381 g/mol. The minimum atomic E-state index is 0.669. The SMILES string of the molecule is Clc1ccc(Cl)c(-c2c(Br)cccc2Br)c1. The van der Waals surface area contributed by atoms with E-state index in [9.17, 15) is 0 Å². The van der Waals surface area contributed by atoms with Crippen LogP contribution in [0.3, 0.4) is 0 Å². The molecule has 0 aliphatic rings. The summed E-state index contributed by atoms with van der Waals surface area (Å²) < 4.78 is 1.96. The normalized spacial score (nSPS) is 10.5. The van der Waals surface area contributed by atoms with Crippen molar-refractivity contribution in [1.82, 2.24) is 0 Å². The zero-order valence-electron chi connectivity index (χ0n) is 7.98. The third kappa shape index (κ3) is 2.45. The maximum Gasteiger partial charge on any atom is 0.0486 e. The first-order valence-electron chi connectivity index (χ1n) is 4.49. The molecule has 16 heavy (non-hydrogen) atoms. The predicted molar refractivity (Wildman–Crippen MR) is 77.3 cm³/mol. The maximum absolute atomic E-state index is 6.17. The van der Waals surface area contributed by atoms with Gasteiger partial charge in [-0.15, -0.1) is 0 Å². The smallest absolute Gasteiger partial charge is 0.0486 e. The van der Waals surface area contributed by atoms with E-state index in [1.807, 2.05) is 24.3 Å². The fourth-order valence-electron chi connectivity index (χ4n) is 1.44. The lowest BCUT2D eigenvalue weighted by Crippen LogP contribution is -1.83. The second-order valence-electron chi connectivity index (χ2n) is 3.22. The number of rotatable bonds is 1. The van der Waals surface area contributed by atoms with E-state index in [-0.39, 0.29) is 0 Å². The minimum Gasteiger partial charge on any atom is -0.0843 e. The van der Waals surface area contributed by atoms with Crippen molar-refractivity contribution < 1.29 is 0 Å². The van der Waals surface area contributed by atoms with E-state index in [4.69, 9.17) is 23.2 Å². The summed E-state index contributed by atoms with van der Waals surface area (Å²) in [6.07, 6.45) is 0. The summed E-state index contributed by atoms with van der Waals surface area (Å²) in [7, 11) is 0. The Balaban J connectivity index is 2.72. The van der Waals surface area contributed by atoms with Crippen molar-refractivity contribution in [2.45, 2.75) is 0 Å². The molecule has 2 rings (SSSR count). The van der Waals surface area contributed by atoms with Gasteiger partial charge in [-0.05, 0) is 30.3 Å². The van der Waals surface area contributed by atoms with E-state index in [1.165, 1.54) is 0 Å². The van der Waals surface area contributed by atoms with Crippen molar-refractivity contribution in [3.05, 3.63) is 55.4 Å². The second-order valence-corrected chi connectivity index (χ2v) is 5.77. The van der Waals surface area contributed by atoms with Crippen molar-refractivity contribution in [3.8, 4) is 11.1 Å². The fourth-order valence-corrected chi connectivity index (χ4v) is 3.25. The van der Waals surface area contributed by atoms with Crippen LogP contribution in [-0.2, 0) is 0 Å². The molecule has 2 aromatic rings. The van der Waals surface area contributed by atoms with E-state index in [2.05, 4.69) is 31.9 Å². The molecule has 0 radical (unpaired) electrons. The molecule has 82 valence electrons. The van der Waals surface area contributed by atoms with Crippen molar-refractivity contribution in [2.24, 2.45) is 0 Å². The zero-order valence-corrected chi connectivity index (χ0v) is 12.7. The summed E-state index contributed by atoms with van der Waals surface area (Å²) in [4.78, 5) is 0. The van der Waals surface area contributed by atoms with Gasteiger partial charge in [-0.25, -0.2) is 0 Å². The summed E-state index contributed by atoms with van der Waals surface area (Å²) >= 11 is 19.2. The van der Waals surface area contributed by atoms with E-state index < -0.39 is 0 Å². The molecule has 0 heterocycles. The standard InChI is InChI=1S/C12H6Br2Cl2/c13-9-2-1-3-10(14)12(9)8-6-7(15)4-5-11(8)16/h1-6H. The molecule has 0 amide bonds. The van der Waals surface area contributed by atoms with E-state index >= 15 is 0 Å². The Bertz CT molecular complexity index is 518. The van der Waals surface area contributed by atoms with Crippen LogP contribution in [0.25, 0.3) is 11.1 Å². The monoisotopic (exact) mass is 378 g/mol. The van der Waals surface area contributed by atoms with Crippen molar-refractivity contribution in [1.29, 1.82) is 0 Å². The lowest BCUT2D eigenvalue weighted by atomic mass is 10.1. The van der Waals surface area contributed by atoms with Crippen LogP contribution in [0.2, 0.25) is 10.0 Å². The van der Waals surface area contributed by atoms with Crippen molar-refractivity contribution in [2.75, 3.05) is 0 Å². The van der Waals surface area contributed by atoms with Gasteiger partial charge in [-0.3, -0.25) is 0 Å². The number of hydrogen-bond donors (Lipinski definition) is 0. The first kappa shape index (κ1) is 12.4. The molecule has 2 aromatic carbocycles. The van der Waals surface area contributed by atoms with Gasteiger partial charge in [0.15, 0.2) is 0 Å². The Labute approximate surface area is 121 Å². The van der Waals surface area contributed by atoms with Gasteiger partial charge in [0, 0.05) is 30.1 Å². The zero-order chi connectivity index (χ0) is 11.7. The van der Waals surface area contributed by atoms with Crippen LogP contribution in [0, 0.1) is 0 Å². The molecule has 4 heteroatoms. The van der Waals surface area contributed by atoms with Crippen LogP contribution in [-0.4, -0.2) is 0 Å². The van der Waals surface area contributed by atoms with Crippen LogP contribution in [0.1, 0.15) is 0 Å². The topological polar surface area (TPSA) is 0 Å². The Kier molecular flexibility index (Phi) is 3.96. The number of benzene rings is 2. The molecular formula is C12H6Br2Cl2. The second kappa shape index (κ2) is 5.09. The molecule has 0 saturated heterocycles. The first-order chi connectivity index (χ1) is 7.59. The molecule has 0 atom stereocenters. The Morgan fingerprint density at radius 1 is 0.875 bits per heavy atom. The van der Waals surface area contributed by atoms with E-state index in [0.717, 1.165) is 20.1 Å². The molecular weight excluding hydrogens is 375 g/mol. The van der Waals surface area contributed by atoms with Crippen LogP contribution < -0.4 is 0 Å². The van der Waals surface area contributed by atoms with Gasteiger partial charge in [0.1, 0.15) is 0 Å². The highest BCUT2D eigenvalue weighted by molar-refractivity contribution is 9.11. The quantitative estimate of drug-likeness (QED) is 0.553. The van der Waals surface area contributed by atoms with E-state index in [0.29, 0.717) is 10.0 Å². The van der Waals surface area contributed by atoms with Gasteiger partial charge < -0.3 is 0 Å². The van der Waals surface area contributed by atoms with Gasteiger partial charge in [-0.2, -0.15) is 0 Å². The predicted octanol–water partition coefficient (Wildman–Crippen LogP) is 6.19. The van der Waals surface area contributed by atoms with Gasteiger partial charge in [0.2, 0.25) is 0 Å². The van der Waals surface area contributed by atoms with Gasteiger partial charge in [0.05, 0.1) is 0 Å². The molecule has 0 fully saturated rings. The summed E-state index contributed by atoms with van der Waals surface area (Å²) in [6, 6.07) is 11.3. The summed E-state index contributed by atoms with van der Waals surface area (Å²) in [5.41, 5.74) is 1.92. The Hall–Kier alpha value is -0.0200. The highest BCUT2D eigenvalue weighted by atomic mass is 79.9. The minimum absolute atomic E-state index is 0.669. The summed E-state index contributed by atoms with van der Waals surface area (Å²) in [6.45, 7) is 0. The van der Waals surface area contributed by atoms with Gasteiger partial charge >= 0.3 is 0 Å². The fraction of sp³-hybridized carbons (Fsp3) is 0. The van der Waals surface area contributed by atoms with Crippen molar-refractivity contribution >= 4 is 55.1 Å². The molecule has 0 spiro atoms. The van der Waals surface area contributed by atoms with Crippen LogP contribution in [0.15, 0.2) is 45.3 Å². The molecule has 0 saturated carbocycles. The van der Waals surface area contributed by atoms with Gasteiger partial charge in [-0.1, -0.05) is 61.1 Å². The third-order valence-corrected chi connectivity index (χ3v) is 4.05. The van der Waals surface area contributed by atoms with Crippen LogP contribution in [0.5, 0.6) is 0 Å². The molecule has 0 aliphatic carbocycles.